The lowest BCUT2D eigenvalue weighted by molar-refractivity contribution is 0.273. The summed E-state index contributed by atoms with van der Waals surface area (Å²) in [6.45, 7) is 3.32. The maximum Gasteiger partial charge on any atom is 0.195 e. The van der Waals surface area contributed by atoms with Gasteiger partial charge in [-0.05, 0) is 24.7 Å². The molecule has 0 spiro atoms. The van der Waals surface area contributed by atoms with Gasteiger partial charge in [-0.2, -0.15) is 0 Å². The Kier molecular flexibility index (Phi) is 5.79. The van der Waals surface area contributed by atoms with Crippen LogP contribution in [0.25, 0.3) is 0 Å². The lowest BCUT2D eigenvalue weighted by Gasteiger charge is -2.28. The van der Waals surface area contributed by atoms with Crippen LogP contribution in [-0.2, 0) is 0 Å². The van der Waals surface area contributed by atoms with Crippen molar-refractivity contribution in [3.8, 4) is 0 Å². The minimum absolute atomic E-state index is 0.813. The molecule has 0 amide bonds. The second-order valence-corrected chi connectivity index (χ2v) is 5.72. The summed E-state index contributed by atoms with van der Waals surface area (Å²) in [5.74, 6) is 2.88. The fourth-order valence-electron chi connectivity index (χ4n) is 2.72. The molecule has 1 aliphatic rings. The predicted molar refractivity (Wildman–Crippen MR) is 75.4 cm³/mol. The standard InChI is InChI=1S/C14H29N3/c1-6-12-7-9-13(10-8-12)11-15-14(16(2)3)17(4)5/h12-13H,6-11H2,1-5H3. The van der Waals surface area contributed by atoms with Crippen molar-refractivity contribution < 1.29 is 0 Å². The first-order chi connectivity index (χ1) is 8.04. The summed E-state index contributed by atoms with van der Waals surface area (Å²) in [7, 11) is 8.25. The molecule has 0 atom stereocenters. The van der Waals surface area contributed by atoms with Gasteiger partial charge in [0.05, 0.1) is 0 Å². The fourth-order valence-corrected chi connectivity index (χ4v) is 2.72. The number of guanidine groups is 1. The van der Waals surface area contributed by atoms with Gasteiger partial charge in [0.15, 0.2) is 5.96 Å². The first-order valence-electron chi connectivity index (χ1n) is 6.93. The quantitative estimate of drug-likeness (QED) is 0.557. The first kappa shape index (κ1) is 14.3. The average Bonchev–Trinajstić information content (AvgIpc) is 2.29. The van der Waals surface area contributed by atoms with Crippen LogP contribution in [0.5, 0.6) is 0 Å². The van der Waals surface area contributed by atoms with E-state index < -0.39 is 0 Å². The van der Waals surface area contributed by atoms with Gasteiger partial charge in [-0.25, -0.2) is 0 Å². The highest BCUT2D eigenvalue weighted by Crippen LogP contribution is 2.30. The molecule has 100 valence electrons. The molecule has 1 saturated carbocycles. The number of aliphatic imine (C=N–C) groups is 1. The van der Waals surface area contributed by atoms with Crippen LogP contribution in [0.15, 0.2) is 4.99 Å². The van der Waals surface area contributed by atoms with Crippen LogP contribution in [0.3, 0.4) is 0 Å². The Morgan fingerprint density at radius 2 is 1.41 bits per heavy atom. The van der Waals surface area contributed by atoms with E-state index in [-0.39, 0.29) is 0 Å². The molecule has 17 heavy (non-hydrogen) atoms. The van der Waals surface area contributed by atoms with Crippen molar-refractivity contribution in [3.63, 3.8) is 0 Å². The molecular weight excluding hydrogens is 210 g/mol. The molecule has 3 heteroatoms. The molecular formula is C14H29N3. The average molecular weight is 239 g/mol. The Hall–Kier alpha value is -0.730. The summed E-state index contributed by atoms with van der Waals surface area (Å²) in [4.78, 5) is 8.96. The molecule has 1 rings (SSSR count). The molecule has 0 aromatic rings. The van der Waals surface area contributed by atoms with Crippen molar-refractivity contribution in [2.45, 2.75) is 39.0 Å². The van der Waals surface area contributed by atoms with Crippen molar-refractivity contribution in [2.24, 2.45) is 16.8 Å². The zero-order chi connectivity index (χ0) is 12.8. The zero-order valence-electron chi connectivity index (χ0n) is 12.2. The van der Waals surface area contributed by atoms with Crippen LogP contribution in [0.2, 0.25) is 0 Å². The summed E-state index contributed by atoms with van der Waals surface area (Å²) in [6.07, 6.45) is 6.93. The second kappa shape index (κ2) is 6.87. The van der Waals surface area contributed by atoms with Crippen LogP contribution in [-0.4, -0.2) is 50.5 Å². The van der Waals surface area contributed by atoms with Gasteiger partial charge in [-0.15, -0.1) is 0 Å². The van der Waals surface area contributed by atoms with E-state index in [9.17, 15) is 0 Å². The number of nitrogens with zero attached hydrogens (tertiary/aromatic N) is 3. The molecule has 0 aromatic heterocycles. The maximum atomic E-state index is 4.77. The topological polar surface area (TPSA) is 18.8 Å². The zero-order valence-corrected chi connectivity index (χ0v) is 12.2. The smallest absolute Gasteiger partial charge is 0.195 e. The van der Waals surface area contributed by atoms with Crippen LogP contribution in [0.4, 0.5) is 0 Å². The van der Waals surface area contributed by atoms with Gasteiger partial charge < -0.3 is 9.80 Å². The minimum atomic E-state index is 0.813. The molecule has 0 aliphatic heterocycles. The summed E-state index contributed by atoms with van der Waals surface area (Å²) in [6, 6.07) is 0. The van der Waals surface area contributed by atoms with E-state index >= 15 is 0 Å². The van der Waals surface area contributed by atoms with Crippen LogP contribution >= 0.6 is 0 Å². The third kappa shape index (κ3) is 4.57. The van der Waals surface area contributed by atoms with Gasteiger partial charge in [0.2, 0.25) is 0 Å². The van der Waals surface area contributed by atoms with Crippen LogP contribution in [0.1, 0.15) is 39.0 Å². The molecule has 0 N–H and O–H groups in total. The highest BCUT2D eigenvalue weighted by Gasteiger charge is 2.19. The van der Waals surface area contributed by atoms with Gasteiger partial charge in [0.25, 0.3) is 0 Å². The monoisotopic (exact) mass is 239 g/mol. The van der Waals surface area contributed by atoms with E-state index in [1.54, 1.807) is 0 Å². The summed E-state index contributed by atoms with van der Waals surface area (Å²) < 4.78 is 0. The molecule has 0 heterocycles. The maximum absolute atomic E-state index is 4.77. The van der Waals surface area contributed by atoms with E-state index in [1.807, 2.05) is 0 Å². The van der Waals surface area contributed by atoms with E-state index in [2.05, 4.69) is 44.9 Å². The molecule has 1 aliphatic carbocycles. The molecule has 0 radical (unpaired) electrons. The Bertz CT molecular complexity index is 228. The Labute approximate surface area is 107 Å². The second-order valence-electron chi connectivity index (χ2n) is 5.72. The third-order valence-corrected chi connectivity index (χ3v) is 3.83. The normalized spacial score (nSPS) is 24.3. The number of hydrogen-bond acceptors (Lipinski definition) is 1. The van der Waals surface area contributed by atoms with Crippen LogP contribution < -0.4 is 0 Å². The van der Waals surface area contributed by atoms with Gasteiger partial charge in [-0.1, -0.05) is 26.2 Å². The molecule has 0 bridgehead atoms. The lowest BCUT2D eigenvalue weighted by atomic mass is 9.81. The van der Waals surface area contributed by atoms with Crippen molar-refractivity contribution >= 4 is 5.96 Å². The Balaban J connectivity index is 2.42. The molecule has 1 fully saturated rings. The van der Waals surface area contributed by atoms with E-state index in [0.29, 0.717) is 0 Å². The van der Waals surface area contributed by atoms with Gasteiger partial charge in [-0.3, -0.25) is 4.99 Å². The molecule has 0 saturated heterocycles. The predicted octanol–water partition coefficient (Wildman–Crippen LogP) is 2.68. The van der Waals surface area contributed by atoms with Gasteiger partial charge in [0, 0.05) is 34.7 Å². The van der Waals surface area contributed by atoms with Crippen molar-refractivity contribution in [1.82, 2.24) is 9.80 Å². The summed E-state index contributed by atoms with van der Waals surface area (Å²) in [5.41, 5.74) is 0. The van der Waals surface area contributed by atoms with Crippen LogP contribution in [0, 0.1) is 11.8 Å². The van der Waals surface area contributed by atoms with Gasteiger partial charge >= 0.3 is 0 Å². The first-order valence-corrected chi connectivity index (χ1v) is 6.93. The van der Waals surface area contributed by atoms with E-state index in [0.717, 1.165) is 24.3 Å². The third-order valence-electron chi connectivity index (χ3n) is 3.83. The highest BCUT2D eigenvalue weighted by atomic mass is 15.3. The summed E-state index contributed by atoms with van der Waals surface area (Å²) in [5, 5.41) is 0. The van der Waals surface area contributed by atoms with E-state index in [1.165, 1.54) is 32.1 Å². The van der Waals surface area contributed by atoms with Crippen molar-refractivity contribution in [2.75, 3.05) is 34.7 Å². The Morgan fingerprint density at radius 3 is 1.82 bits per heavy atom. The SMILES string of the molecule is CCC1CCC(CN=C(N(C)C)N(C)C)CC1. The molecule has 0 unspecified atom stereocenters. The number of rotatable bonds is 3. The van der Waals surface area contributed by atoms with Crippen molar-refractivity contribution in [1.29, 1.82) is 0 Å². The fraction of sp³-hybridized carbons (Fsp3) is 0.929. The lowest BCUT2D eigenvalue weighted by Crippen LogP contribution is -2.36. The molecule has 3 nitrogen and oxygen atoms in total. The largest absolute Gasteiger partial charge is 0.349 e. The summed E-state index contributed by atoms with van der Waals surface area (Å²) >= 11 is 0. The van der Waals surface area contributed by atoms with Crippen molar-refractivity contribution in [3.05, 3.63) is 0 Å². The Morgan fingerprint density at radius 1 is 0.941 bits per heavy atom. The molecule has 0 aromatic carbocycles. The highest BCUT2D eigenvalue weighted by molar-refractivity contribution is 5.79. The minimum Gasteiger partial charge on any atom is -0.349 e. The number of hydrogen-bond donors (Lipinski definition) is 0. The van der Waals surface area contributed by atoms with E-state index in [4.69, 9.17) is 4.99 Å². The van der Waals surface area contributed by atoms with Gasteiger partial charge in [0.1, 0.15) is 0 Å².